The summed E-state index contributed by atoms with van der Waals surface area (Å²) in [6, 6.07) is 6.82. The van der Waals surface area contributed by atoms with Gasteiger partial charge in [0, 0.05) is 17.5 Å². The van der Waals surface area contributed by atoms with E-state index in [0.29, 0.717) is 12.6 Å². The van der Waals surface area contributed by atoms with Crippen LogP contribution in [0, 0.1) is 5.41 Å². The van der Waals surface area contributed by atoms with Gasteiger partial charge in [0.15, 0.2) is 0 Å². The normalized spacial score (nSPS) is 14.5. The Balaban J connectivity index is 2.54. The Kier molecular flexibility index (Phi) is 5.33. The molecule has 0 spiro atoms. The zero-order valence-electron chi connectivity index (χ0n) is 11.6. The van der Waals surface area contributed by atoms with Crippen LogP contribution in [0.1, 0.15) is 33.3 Å². The predicted molar refractivity (Wildman–Crippen MR) is 74.1 cm³/mol. The molecule has 19 heavy (non-hydrogen) atoms. The Hall–Kier alpha value is -0.680. The summed E-state index contributed by atoms with van der Waals surface area (Å²) in [5, 5.41) is 3.38. The van der Waals surface area contributed by atoms with Crippen LogP contribution in [-0.2, 0) is 6.54 Å². The number of halogens is 3. The molecule has 0 fully saturated rings. The summed E-state index contributed by atoms with van der Waals surface area (Å²) in [6.07, 6.45) is 0. The fourth-order valence-corrected chi connectivity index (χ4v) is 1.93. The quantitative estimate of drug-likeness (QED) is 0.798. The van der Waals surface area contributed by atoms with Gasteiger partial charge in [-0.15, -0.1) is 0 Å². The lowest BCUT2D eigenvalue weighted by molar-refractivity contribution is -0.0328. The highest BCUT2D eigenvalue weighted by molar-refractivity contribution is 8.00. The van der Waals surface area contributed by atoms with Crippen molar-refractivity contribution in [3.8, 4) is 0 Å². The zero-order valence-corrected chi connectivity index (χ0v) is 12.5. The average Bonchev–Trinajstić information content (AvgIpc) is 2.24. The van der Waals surface area contributed by atoms with Crippen LogP contribution in [0.15, 0.2) is 29.2 Å². The number of thioether (sulfide) groups is 1. The van der Waals surface area contributed by atoms with Gasteiger partial charge in [0.2, 0.25) is 0 Å². The minimum atomic E-state index is -4.22. The van der Waals surface area contributed by atoms with E-state index in [9.17, 15) is 13.2 Å². The van der Waals surface area contributed by atoms with Crippen molar-refractivity contribution in [3.05, 3.63) is 29.8 Å². The van der Waals surface area contributed by atoms with Crippen LogP contribution in [0.2, 0.25) is 0 Å². The van der Waals surface area contributed by atoms with Crippen LogP contribution in [0.25, 0.3) is 0 Å². The standard InChI is InChI=1S/C14H20F3NS/c1-10(13(2,3)4)18-9-11-5-7-12(8-6-11)19-14(15,16)17/h5-8,10,18H,9H2,1-4H3. The molecule has 0 radical (unpaired) electrons. The highest BCUT2D eigenvalue weighted by Crippen LogP contribution is 2.36. The van der Waals surface area contributed by atoms with Crippen molar-refractivity contribution in [2.75, 3.05) is 0 Å². The molecule has 108 valence electrons. The van der Waals surface area contributed by atoms with Crippen molar-refractivity contribution < 1.29 is 13.2 Å². The number of hydrogen-bond acceptors (Lipinski definition) is 2. The Morgan fingerprint density at radius 2 is 1.63 bits per heavy atom. The third-order valence-corrected chi connectivity index (χ3v) is 3.81. The second-order valence-electron chi connectivity index (χ2n) is 5.66. The van der Waals surface area contributed by atoms with Gasteiger partial charge in [-0.05, 0) is 41.8 Å². The molecule has 1 atom stereocenters. The van der Waals surface area contributed by atoms with Crippen molar-refractivity contribution in [1.29, 1.82) is 0 Å². The van der Waals surface area contributed by atoms with Gasteiger partial charge >= 0.3 is 5.51 Å². The van der Waals surface area contributed by atoms with E-state index >= 15 is 0 Å². The number of rotatable bonds is 4. The molecule has 1 unspecified atom stereocenters. The van der Waals surface area contributed by atoms with Crippen molar-refractivity contribution in [2.45, 2.75) is 50.7 Å². The van der Waals surface area contributed by atoms with Gasteiger partial charge in [-0.3, -0.25) is 0 Å². The molecule has 0 heterocycles. The third kappa shape index (κ3) is 6.34. The fourth-order valence-electron chi connectivity index (χ4n) is 1.39. The molecule has 5 heteroatoms. The summed E-state index contributed by atoms with van der Waals surface area (Å²) < 4.78 is 36.5. The summed E-state index contributed by atoms with van der Waals surface area (Å²) in [6.45, 7) is 9.21. The molecule has 1 rings (SSSR count). The lowest BCUT2D eigenvalue weighted by Gasteiger charge is -2.28. The molecule has 0 bridgehead atoms. The van der Waals surface area contributed by atoms with Crippen LogP contribution in [0.3, 0.4) is 0 Å². The van der Waals surface area contributed by atoms with Gasteiger partial charge in [-0.1, -0.05) is 32.9 Å². The second-order valence-corrected chi connectivity index (χ2v) is 6.80. The van der Waals surface area contributed by atoms with Crippen molar-refractivity contribution in [3.63, 3.8) is 0 Å². The molecule has 0 aliphatic heterocycles. The van der Waals surface area contributed by atoms with E-state index in [0.717, 1.165) is 5.56 Å². The van der Waals surface area contributed by atoms with E-state index in [2.05, 4.69) is 33.0 Å². The lowest BCUT2D eigenvalue weighted by Crippen LogP contribution is -2.37. The SMILES string of the molecule is CC(NCc1ccc(SC(F)(F)F)cc1)C(C)(C)C. The van der Waals surface area contributed by atoms with Gasteiger partial charge in [0.25, 0.3) is 0 Å². The molecule has 1 N–H and O–H groups in total. The summed E-state index contributed by atoms with van der Waals surface area (Å²) in [4.78, 5) is 0.222. The van der Waals surface area contributed by atoms with Crippen LogP contribution in [-0.4, -0.2) is 11.6 Å². The highest BCUT2D eigenvalue weighted by Gasteiger charge is 2.29. The number of hydrogen-bond donors (Lipinski definition) is 1. The average molecular weight is 291 g/mol. The van der Waals surface area contributed by atoms with Crippen LogP contribution in [0.5, 0.6) is 0 Å². The minimum Gasteiger partial charge on any atom is -0.310 e. The zero-order chi connectivity index (χ0) is 14.7. The van der Waals surface area contributed by atoms with E-state index in [1.165, 1.54) is 12.1 Å². The Bertz CT molecular complexity index is 393. The van der Waals surface area contributed by atoms with Crippen molar-refractivity contribution in [1.82, 2.24) is 5.32 Å². The smallest absolute Gasteiger partial charge is 0.310 e. The summed E-state index contributed by atoms with van der Waals surface area (Å²) in [5.74, 6) is 0. The minimum absolute atomic E-state index is 0.0823. The molecule has 1 nitrogen and oxygen atoms in total. The van der Waals surface area contributed by atoms with Gasteiger partial charge in [-0.25, -0.2) is 0 Å². The molecule has 1 aromatic rings. The highest BCUT2D eigenvalue weighted by atomic mass is 32.2. The molecular formula is C14H20F3NS. The fraction of sp³-hybridized carbons (Fsp3) is 0.571. The van der Waals surface area contributed by atoms with Gasteiger partial charge in [0.05, 0.1) is 0 Å². The first-order chi connectivity index (χ1) is 8.58. The predicted octanol–water partition coefficient (Wildman–Crippen LogP) is 4.82. The first-order valence-corrected chi connectivity index (χ1v) is 6.97. The van der Waals surface area contributed by atoms with E-state index < -0.39 is 5.51 Å². The monoisotopic (exact) mass is 291 g/mol. The van der Waals surface area contributed by atoms with Crippen LogP contribution < -0.4 is 5.32 Å². The molecule has 0 aliphatic carbocycles. The summed E-state index contributed by atoms with van der Waals surface area (Å²) in [7, 11) is 0. The topological polar surface area (TPSA) is 12.0 Å². The number of alkyl halides is 3. The maximum Gasteiger partial charge on any atom is 0.446 e. The molecular weight excluding hydrogens is 271 g/mol. The first kappa shape index (κ1) is 16.4. The van der Waals surface area contributed by atoms with Crippen molar-refractivity contribution in [2.24, 2.45) is 5.41 Å². The first-order valence-electron chi connectivity index (χ1n) is 6.16. The molecule has 0 saturated carbocycles. The Labute approximate surface area is 117 Å². The molecule has 0 amide bonds. The van der Waals surface area contributed by atoms with E-state index in [4.69, 9.17) is 0 Å². The largest absolute Gasteiger partial charge is 0.446 e. The van der Waals surface area contributed by atoms with Crippen LogP contribution in [0.4, 0.5) is 13.2 Å². The molecule has 0 saturated heterocycles. The Morgan fingerprint density at radius 3 is 2.05 bits per heavy atom. The second kappa shape index (κ2) is 6.18. The summed E-state index contributed by atoms with van der Waals surface area (Å²) >= 11 is -0.0823. The van der Waals surface area contributed by atoms with Crippen molar-refractivity contribution >= 4 is 11.8 Å². The van der Waals surface area contributed by atoms with Gasteiger partial charge in [-0.2, -0.15) is 13.2 Å². The van der Waals surface area contributed by atoms with E-state index in [1.807, 2.05) is 0 Å². The Morgan fingerprint density at radius 1 is 1.11 bits per heavy atom. The maximum atomic E-state index is 12.2. The van der Waals surface area contributed by atoms with E-state index in [1.54, 1.807) is 12.1 Å². The lowest BCUT2D eigenvalue weighted by atomic mass is 9.88. The molecule has 0 aromatic heterocycles. The maximum absolute atomic E-state index is 12.2. The molecule has 1 aromatic carbocycles. The third-order valence-electron chi connectivity index (χ3n) is 3.07. The molecule has 0 aliphatic rings. The number of nitrogens with one attached hydrogen (secondary N) is 1. The number of benzene rings is 1. The van der Waals surface area contributed by atoms with E-state index in [-0.39, 0.29) is 22.1 Å². The van der Waals surface area contributed by atoms with Gasteiger partial charge in [0.1, 0.15) is 0 Å². The van der Waals surface area contributed by atoms with Crippen LogP contribution >= 0.6 is 11.8 Å². The summed E-state index contributed by atoms with van der Waals surface area (Å²) in [5.41, 5.74) is -3.07. The van der Waals surface area contributed by atoms with Gasteiger partial charge < -0.3 is 5.32 Å².